The molecule has 1 aromatic carbocycles. The van der Waals surface area contributed by atoms with Gasteiger partial charge in [-0.05, 0) is 0 Å². The number of hydrogen-bond acceptors (Lipinski definition) is 2. The van der Waals surface area contributed by atoms with Crippen molar-refractivity contribution in [2.75, 3.05) is 14.2 Å². The fraction of sp³-hybridized carbons (Fsp3) is 0.222. The van der Waals surface area contributed by atoms with Gasteiger partial charge in [0.25, 0.3) is 5.91 Å². The van der Waals surface area contributed by atoms with Crippen LogP contribution in [0.15, 0.2) is 0 Å². The molecule has 1 rings (SSSR count). The highest BCUT2D eigenvalue weighted by atomic mass is 19.2. The molecule has 1 amide bonds. The lowest BCUT2D eigenvalue weighted by Crippen LogP contribution is -2.28. The van der Waals surface area contributed by atoms with Crippen LogP contribution in [0.25, 0.3) is 0 Å². The van der Waals surface area contributed by atoms with Crippen LogP contribution in [0.4, 0.5) is 22.0 Å². The van der Waals surface area contributed by atoms with Crippen LogP contribution in [-0.2, 0) is 4.84 Å². The zero-order valence-corrected chi connectivity index (χ0v) is 8.65. The molecule has 0 radical (unpaired) electrons. The van der Waals surface area contributed by atoms with Crippen molar-refractivity contribution >= 4 is 5.91 Å². The van der Waals surface area contributed by atoms with Gasteiger partial charge < -0.3 is 0 Å². The molecule has 0 aromatic heterocycles. The summed E-state index contributed by atoms with van der Waals surface area (Å²) in [4.78, 5) is 15.6. The van der Waals surface area contributed by atoms with Gasteiger partial charge in [-0.3, -0.25) is 9.63 Å². The number of amides is 1. The van der Waals surface area contributed by atoms with Crippen LogP contribution in [0.1, 0.15) is 10.4 Å². The first-order valence-corrected chi connectivity index (χ1v) is 4.16. The summed E-state index contributed by atoms with van der Waals surface area (Å²) < 4.78 is 64.4. The summed E-state index contributed by atoms with van der Waals surface area (Å²) in [6, 6.07) is 0. The number of rotatable bonds is 2. The second-order valence-corrected chi connectivity index (χ2v) is 2.93. The van der Waals surface area contributed by atoms with Crippen molar-refractivity contribution in [1.29, 1.82) is 0 Å². The molecule has 0 saturated heterocycles. The molecule has 0 heterocycles. The normalized spacial score (nSPS) is 10.5. The molecule has 94 valence electrons. The van der Waals surface area contributed by atoms with Gasteiger partial charge in [0.1, 0.15) is 5.56 Å². The van der Waals surface area contributed by atoms with E-state index >= 15 is 0 Å². The van der Waals surface area contributed by atoms with Crippen molar-refractivity contribution in [2.24, 2.45) is 0 Å². The monoisotopic (exact) mass is 255 g/mol. The van der Waals surface area contributed by atoms with Gasteiger partial charge in [-0.15, -0.1) is 0 Å². The van der Waals surface area contributed by atoms with E-state index in [1.165, 1.54) is 0 Å². The quantitative estimate of drug-likeness (QED) is 0.350. The zero-order chi connectivity index (χ0) is 13.3. The van der Waals surface area contributed by atoms with Crippen molar-refractivity contribution < 1.29 is 31.6 Å². The molecule has 0 fully saturated rings. The molecule has 17 heavy (non-hydrogen) atoms. The zero-order valence-electron chi connectivity index (χ0n) is 8.65. The highest BCUT2D eigenvalue weighted by Gasteiger charge is 2.31. The van der Waals surface area contributed by atoms with Gasteiger partial charge in [0.15, 0.2) is 23.3 Å². The first-order valence-electron chi connectivity index (χ1n) is 4.16. The molecule has 3 nitrogen and oxygen atoms in total. The third-order valence-electron chi connectivity index (χ3n) is 1.98. The molecule has 1 aromatic rings. The summed E-state index contributed by atoms with van der Waals surface area (Å²) in [6.45, 7) is 0. The van der Waals surface area contributed by atoms with E-state index < -0.39 is 40.6 Å². The number of nitrogens with zero attached hydrogens (tertiary/aromatic N) is 1. The highest BCUT2D eigenvalue weighted by Crippen LogP contribution is 2.23. The van der Waals surface area contributed by atoms with E-state index in [4.69, 9.17) is 0 Å². The molecule has 0 aliphatic carbocycles. The Balaban J connectivity index is 3.50. The third kappa shape index (κ3) is 2.07. The Morgan fingerprint density at radius 3 is 1.65 bits per heavy atom. The first-order chi connectivity index (χ1) is 7.82. The summed E-state index contributed by atoms with van der Waals surface area (Å²) in [5, 5.41) is 0.332. The fourth-order valence-corrected chi connectivity index (χ4v) is 1.03. The Morgan fingerprint density at radius 2 is 1.29 bits per heavy atom. The molecular formula is C9H6F5NO2. The summed E-state index contributed by atoms with van der Waals surface area (Å²) in [5.74, 6) is -12.6. The van der Waals surface area contributed by atoms with Crippen LogP contribution in [-0.4, -0.2) is 25.1 Å². The number of carbonyl (C=O) groups excluding carboxylic acids is 1. The van der Waals surface area contributed by atoms with Gasteiger partial charge in [-0.2, -0.15) is 0 Å². The van der Waals surface area contributed by atoms with E-state index in [0.29, 0.717) is 5.06 Å². The van der Waals surface area contributed by atoms with E-state index in [1.54, 1.807) is 0 Å². The van der Waals surface area contributed by atoms with Crippen LogP contribution in [0.5, 0.6) is 0 Å². The Kier molecular flexibility index (Phi) is 3.66. The van der Waals surface area contributed by atoms with Gasteiger partial charge in [0.2, 0.25) is 5.82 Å². The minimum absolute atomic E-state index is 0.332. The Bertz CT molecular complexity index is 448. The number of halogens is 5. The lowest BCUT2D eigenvalue weighted by atomic mass is 10.1. The van der Waals surface area contributed by atoms with Crippen LogP contribution in [0, 0.1) is 29.1 Å². The van der Waals surface area contributed by atoms with E-state index in [9.17, 15) is 26.7 Å². The summed E-state index contributed by atoms with van der Waals surface area (Å²) in [7, 11) is 1.95. The SMILES string of the molecule is CON(C)C(=O)c1c(F)c(F)c(F)c(F)c1F. The van der Waals surface area contributed by atoms with Gasteiger partial charge >= 0.3 is 0 Å². The molecular weight excluding hydrogens is 249 g/mol. The smallest absolute Gasteiger partial charge is 0.274 e. The van der Waals surface area contributed by atoms with Crippen molar-refractivity contribution in [1.82, 2.24) is 5.06 Å². The third-order valence-corrected chi connectivity index (χ3v) is 1.98. The topological polar surface area (TPSA) is 29.5 Å². The van der Waals surface area contributed by atoms with Crippen molar-refractivity contribution in [3.8, 4) is 0 Å². The van der Waals surface area contributed by atoms with Gasteiger partial charge in [0.05, 0.1) is 7.11 Å². The largest absolute Gasteiger partial charge is 0.283 e. The minimum atomic E-state index is -2.32. The van der Waals surface area contributed by atoms with Gasteiger partial charge in [-0.1, -0.05) is 0 Å². The highest BCUT2D eigenvalue weighted by molar-refractivity contribution is 5.94. The predicted molar refractivity (Wildman–Crippen MR) is 45.3 cm³/mol. The van der Waals surface area contributed by atoms with Gasteiger partial charge in [0, 0.05) is 7.05 Å². The minimum Gasteiger partial charge on any atom is -0.274 e. The number of carbonyl (C=O) groups is 1. The number of hydroxylamine groups is 2. The second-order valence-electron chi connectivity index (χ2n) is 2.93. The van der Waals surface area contributed by atoms with Gasteiger partial charge in [-0.25, -0.2) is 27.0 Å². The standard InChI is InChI=1S/C9H6F5NO2/c1-15(17-2)9(16)3-4(10)6(12)8(14)7(13)5(3)11/h1-2H3. The number of hydrogen-bond donors (Lipinski definition) is 0. The Hall–Kier alpha value is -1.70. The average molecular weight is 255 g/mol. The molecule has 0 saturated carbocycles. The lowest BCUT2D eigenvalue weighted by molar-refractivity contribution is -0.0763. The van der Waals surface area contributed by atoms with E-state index in [0.717, 1.165) is 14.2 Å². The van der Waals surface area contributed by atoms with Crippen molar-refractivity contribution in [3.05, 3.63) is 34.6 Å². The van der Waals surface area contributed by atoms with E-state index in [2.05, 4.69) is 4.84 Å². The first kappa shape index (κ1) is 13.4. The Morgan fingerprint density at radius 1 is 0.941 bits per heavy atom. The van der Waals surface area contributed by atoms with Crippen LogP contribution >= 0.6 is 0 Å². The molecule has 8 heteroatoms. The molecule has 0 unspecified atom stereocenters. The molecule has 0 spiro atoms. The Labute approximate surface area is 92.3 Å². The predicted octanol–water partition coefficient (Wildman–Crippen LogP) is 2.02. The molecule has 0 bridgehead atoms. The average Bonchev–Trinajstić information content (AvgIpc) is 2.32. The van der Waals surface area contributed by atoms with Crippen molar-refractivity contribution in [2.45, 2.75) is 0 Å². The maximum Gasteiger partial charge on any atom is 0.283 e. The summed E-state index contributed by atoms with van der Waals surface area (Å²) in [6.07, 6.45) is 0. The molecule has 0 aliphatic heterocycles. The van der Waals surface area contributed by atoms with E-state index in [-0.39, 0.29) is 0 Å². The van der Waals surface area contributed by atoms with Crippen molar-refractivity contribution in [3.63, 3.8) is 0 Å². The van der Waals surface area contributed by atoms with Crippen LogP contribution in [0.3, 0.4) is 0 Å². The van der Waals surface area contributed by atoms with E-state index in [1.807, 2.05) is 0 Å². The van der Waals surface area contributed by atoms with Crippen LogP contribution < -0.4 is 0 Å². The number of benzene rings is 1. The molecule has 0 N–H and O–H groups in total. The lowest BCUT2D eigenvalue weighted by Gasteiger charge is -2.15. The molecule has 0 atom stereocenters. The molecule has 0 aliphatic rings. The second kappa shape index (κ2) is 4.66. The summed E-state index contributed by atoms with van der Waals surface area (Å²) >= 11 is 0. The maximum absolute atomic E-state index is 13.1. The maximum atomic E-state index is 13.1. The fourth-order valence-electron chi connectivity index (χ4n) is 1.03. The summed E-state index contributed by atoms with van der Waals surface area (Å²) in [5.41, 5.74) is -1.56. The van der Waals surface area contributed by atoms with Crippen LogP contribution in [0.2, 0.25) is 0 Å².